The molecule has 0 aliphatic carbocycles. The first-order valence-electron chi connectivity index (χ1n) is 6.23. The number of hydrogen-bond donors (Lipinski definition) is 0. The van der Waals surface area contributed by atoms with Gasteiger partial charge in [-0.2, -0.15) is 0 Å². The molecule has 0 N–H and O–H groups in total. The van der Waals surface area contributed by atoms with Crippen molar-refractivity contribution < 1.29 is 19.0 Å². The minimum atomic E-state index is -0.647. The Hall–Kier alpha value is -1.97. The Labute approximate surface area is 114 Å². The lowest BCUT2D eigenvalue weighted by Crippen LogP contribution is -2.25. The summed E-state index contributed by atoms with van der Waals surface area (Å²) < 4.78 is 15.7. The Morgan fingerprint density at radius 2 is 2.21 bits per heavy atom. The molecular formula is C15H20O4. The summed E-state index contributed by atoms with van der Waals surface area (Å²) in [7, 11) is 1.34. The Morgan fingerprint density at radius 3 is 2.79 bits per heavy atom. The summed E-state index contributed by atoms with van der Waals surface area (Å²) >= 11 is 0. The zero-order valence-corrected chi connectivity index (χ0v) is 11.6. The number of benzene rings is 1. The molecular weight excluding hydrogens is 244 g/mol. The minimum Gasteiger partial charge on any atom is -0.494 e. The third-order valence-corrected chi connectivity index (χ3v) is 2.54. The second-order valence-corrected chi connectivity index (χ2v) is 3.98. The molecule has 0 saturated heterocycles. The topological polar surface area (TPSA) is 44.8 Å². The van der Waals surface area contributed by atoms with Gasteiger partial charge in [0.25, 0.3) is 0 Å². The van der Waals surface area contributed by atoms with Crippen LogP contribution in [-0.4, -0.2) is 25.8 Å². The second kappa shape index (κ2) is 7.46. The summed E-state index contributed by atoms with van der Waals surface area (Å²) in [6, 6.07) is 5.50. The van der Waals surface area contributed by atoms with E-state index in [1.54, 1.807) is 19.1 Å². The van der Waals surface area contributed by atoms with E-state index in [-0.39, 0.29) is 0 Å². The Bertz CT molecular complexity index is 440. The summed E-state index contributed by atoms with van der Waals surface area (Å²) in [6.45, 7) is 7.90. The Morgan fingerprint density at radius 1 is 1.47 bits per heavy atom. The Balaban J connectivity index is 2.92. The van der Waals surface area contributed by atoms with Gasteiger partial charge in [0.15, 0.2) is 6.10 Å². The lowest BCUT2D eigenvalue weighted by molar-refractivity contribution is -0.147. The van der Waals surface area contributed by atoms with Gasteiger partial charge in [0.2, 0.25) is 0 Å². The van der Waals surface area contributed by atoms with Crippen LogP contribution < -0.4 is 9.47 Å². The molecule has 19 heavy (non-hydrogen) atoms. The van der Waals surface area contributed by atoms with Gasteiger partial charge in [-0.3, -0.25) is 0 Å². The number of ether oxygens (including phenoxy) is 3. The van der Waals surface area contributed by atoms with Crippen molar-refractivity contribution in [2.75, 3.05) is 13.7 Å². The largest absolute Gasteiger partial charge is 0.494 e. The van der Waals surface area contributed by atoms with Crippen molar-refractivity contribution in [2.24, 2.45) is 0 Å². The van der Waals surface area contributed by atoms with E-state index in [0.29, 0.717) is 18.8 Å². The van der Waals surface area contributed by atoms with Gasteiger partial charge < -0.3 is 14.2 Å². The molecule has 0 aromatic heterocycles. The molecule has 1 unspecified atom stereocenters. The number of carbonyl (C=O) groups is 1. The van der Waals surface area contributed by atoms with Gasteiger partial charge in [-0.1, -0.05) is 6.08 Å². The highest BCUT2D eigenvalue weighted by atomic mass is 16.6. The maximum absolute atomic E-state index is 11.4. The summed E-state index contributed by atoms with van der Waals surface area (Å²) in [5.74, 6) is 1.01. The quantitative estimate of drug-likeness (QED) is 0.561. The van der Waals surface area contributed by atoms with E-state index in [4.69, 9.17) is 9.47 Å². The minimum absolute atomic E-state index is 0.404. The maximum atomic E-state index is 11.4. The smallest absolute Gasteiger partial charge is 0.346 e. The molecule has 1 aromatic carbocycles. The molecule has 0 amide bonds. The van der Waals surface area contributed by atoms with Crippen LogP contribution in [0, 0.1) is 0 Å². The number of carbonyl (C=O) groups excluding carboxylic acids is 1. The van der Waals surface area contributed by atoms with E-state index in [9.17, 15) is 4.79 Å². The van der Waals surface area contributed by atoms with E-state index in [2.05, 4.69) is 11.3 Å². The molecule has 104 valence electrons. The lowest BCUT2D eigenvalue weighted by Gasteiger charge is -2.16. The molecule has 0 saturated carbocycles. The van der Waals surface area contributed by atoms with Crippen molar-refractivity contribution in [3.05, 3.63) is 36.4 Å². The van der Waals surface area contributed by atoms with Gasteiger partial charge in [0, 0.05) is 5.56 Å². The van der Waals surface area contributed by atoms with Crippen molar-refractivity contribution in [1.82, 2.24) is 0 Å². The average Bonchev–Trinajstić information content (AvgIpc) is 2.41. The predicted molar refractivity (Wildman–Crippen MR) is 73.6 cm³/mol. The van der Waals surface area contributed by atoms with Gasteiger partial charge >= 0.3 is 5.97 Å². The lowest BCUT2D eigenvalue weighted by atomic mass is 10.1. The van der Waals surface area contributed by atoms with Gasteiger partial charge in [0.1, 0.15) is 11.5 Å². The zero-order chi connectivity index (χ0) is 14.3. The highest BCUT2D eigenvalue weighted by Gasteiger charge is 2.16. The maximum Gasteiger partial charge on any atom is 0.346 e. The van der Waals surface area contributed by atoms with Gasteiger partial charge in [0.05, 0.1) is 13.7 Å². The Kier molecular flexibility index (Phi) is 5.93. The van der Waals surface area contributed by atoms with Crippen molar-refractivity contribution in [1.29, 1.82) is 0 Å². The molecule has 1 atom stereocenters. The summed E-state index contributed by atoms with van der Waals surface area (Å²) in [5.41, 5.74) is 0.928. The molecule has 0 heterocycles. The molecule has 4 heteroatoms. The first-order valence-corrected chi connectivity index (χ1v) is 6.23. The number of hydrogen-bond acceptors (Lipinski definition) is 4. The van der Waals surface area contributed by atoms with E-state index < -0.39 is 12.1 Å². The van der Waals surface area contributed by atoms with Crippen LogP contribution in [0.25, 0.3) is 0 Å². The zero-order valence-electron chi connectivity index (χ0n) is 11.6. The summed E-state index contributed by atoms with van der Waals surface area (Å²) in [6.07, 6.45) is 1.77. The normalized spacial score (nSPS) is 11.5. The van der Waals surface area contributed by atoms with Gasteiger partial charge in [-0.05, 0) is 38.5 Å². The number of methoxy groups -OCH3 is 1. The van der Waals surface area contributed by atoms with Gasteiger partial charge in [-0.25, -0.2) is 4.79 Å². The van der Waals surface area contributed by atoms with E-state index in [1.165, 1.54) is 7.11 Å². The van der Waals surface area contributed by atoms with Crippen molar-refractivity contribution in [3.8, 4) is 11.5 Å². The fourth-order valence-electron chi connectivity index (χ4n) is 1.65. The summed E-state index contributed by atoms with van der Waals surface area (Å²) in [5, 5.41) is 0. The van der Waals surface area contributed by atoms with Crippen molar-refractivity contribution in [2.45, 2.75) is 26.4 Å². The fourth-order valence-corrected chi connectivity index (χ4v) is 1.65. The number of rotatable bonds is 7. The number of allylic oxidation sites excluding steroid dienone is 1. The van der Waals surface area contributed by atoms with E-state index >= 15 is 0 Å². The molecule has 0 aliphatic heterocycles. The standard InChI is InChI=1S/C15H20O4/c1-5-7-12-10-13(18-6-2)8-9-14(12)19-11(3)15(16)17-4/h5,8-11H,1,6-7H2,2-4H3. The number of esters is 1. The molecule has 4 nitrogen and oxygen atoms in total. The van der Waals surface area contributed by atoms with Crippen LogP contribution in [0.4, 0.5) is 0 Å². The molecule has 0 bridgehead atoms. The molecule has 0 fully saturated rings. The van der Waals surface area contributed by atoms with Crippen molar-refractivity contribution >= 4 is 5.97 Å². The van der Waals surface area contributed by atoms with Crippen LogP contribution in [-0.2, 0) is 16.0 Å². The first-order chi connectivity index (χ1) is 9.12. The van der Waals surface area contributed by atoms with Crippen LogP contribution in [0.15, 0.2) is 30.9 Å². The molecule has 0 spiro atoms. The molecule has 0 radical (unpaired) electrons. The fraction of sp³-hybridized carbons (Fsp3) is 0.400. The van der Waals surface area contributed by atoms with Gasteiger partial charge in [-0.15, -0.1) is 6.58 Å². The monoisotopic (exact) mass is 264 g/mol. The van der Waals surface area contributed by atoms with Crippen LogP contribution in [0.5, 0.6) is 11.5 Å². The SMILES string of the molecule is C=CCc1cc(OCC)ccc1OC(C)C(=O)OC. The summed E-state index contributed by atoms with van der Waals surface area (Å²) in [4.78, 5) is 11.4. The van der Waals surface area contributed by atoms with Crippen LogP contribution >= 0.6 is 0 Å². The average molecular weight is 264 g/mol. The highest BCUT2D eigenvalue weighted by molar-refractivity contribution is 5.74. The predicted octanol–water partition coefficient (Wildman–Crippen LogP) is 2.75. The molecule has 1 rings (SSSR count). The molecule has 0 aliphatic rings. The molecule has 1 aromatic rings. The third kappa shape index (κ3) is 4.32. The second-order valence-electron chi connectivity index (χ2n) is 3.98. The third-order valence-electron chi connectivity index (χ3n) is 2.54. The van der Waals surface area contributed by atoms with Crippen LogP contribution in [0.2, 0.25) is 0 Å². The van der Waals surface area contributed by atoms with Crippen LogP contribution in [0.3, 0.4) is 0 Å². The van der Waals surface area contributed by atoms with Crippen LogP contribution in [0.1, 0.15) is 19.4 Å². The first kappa shape index (κ1) is 15.1. The van der Waals surface area contributed by atoms with E-state index in [0.717, 1.165) is 11.3 Å². The van der Waals surface area contributed by atoms with E-state index in [1.807, 2.05) is 19.1 Å². The highest BCUT2D eigenvalue weighted by Crippen LogP contribution is 2.26. The van der Waals surface area contributed by atoms with Crippen molar-refractivity contribution in [3.63, 3.8) is 0 Å².